The molecule has 1 aliphatic rings. The van der Waals surface area contributed by atoms with E-state index in [0.29, 0.717) is 30.0 Å². The Morgan fingerprint density at radius 1 is 0.974 bits per heavy atom. The van der Waals surface area contributed by atoms with Gasteiger partial charge in [0.2, 0.25) is 0 Å². The summed E-state index contributed by atoms with van der Waals surface area (Å²) in [5.74, 6) is -0.370. The van der Waals surface area contributed by atoms with E-state index in [1.165, 1.54) is 30.7 Å². The van der Waals surface area contributed by atoms with Crippen molar-refractivity contribution in [2.45, 2.75) is 18.2 Å². The number of hydrogen-bond acceptors (Lipinski definition) is 7. The molecule has 0 fully saturated rings. The number of nitrogens with zero attached hydrogens (tertiary/aromatic N) is 1. The number of methoxy groups -OCH3 is 2. The monoisotopic (exact) mass is 551 g/mol. The molecule has 0 aromatic heterocycles. The molecule has 0 bridgehead atoms. The lowest BCUT2D eigenvalue weighted by molar-refractivity contribution is -0.128. The minimum absolute atomic E-state index is 0.0596. The summed E-state index contributed by atoms with van der Waals surface area (Å²) in [5, 5.41) is 0. The number of nitrogens with one attached hydrogen (secondary N) is 2. The van der Waals surface area contributed by atoms with Gasteiger partial charge in [-0.25, -0.2) is 8.42 Å². The van der Waals surface area contributed by atoms with Gasteiger partial charge in [0, 0.05) is 12.6 Å². The van der Waals surface area contributed by atoms with Crippen molar-refractivity contribution in [1.82, 2.24) is 10.9 Å². The maximum atomic E-state index is 13.7. The van der Waals surface area contributed by atoms with Gasteiger partial charge in [-0.15, -0.1) is 0 Å². The number of sulfonamides is 1. The van der Waals surface area contributed by atoms with Crippen molar-refractivity contribution in [3.8, 4) is 17.2 Å². The molecule has 11 heteroatoms. The van der Waals surface area contributed by atoms with E-state index in [1.807, 2.05) is 31.2 Å². The van der Waals surface area contributed by atoms with Gasteiger partial charge in [-0.05, 0) is 60.4 Å². The van der Waals surface area contributed by atoms with Crippen molar-refractivity contribution in [3.05, 3.63) is 83.4 Å². The second-order valence-corrected chi connectivity index (χ2v) is 10.5. The summed E-state index contributed by atoms with van der Waals surface area (Å²) in [6.07, 6.45) is 3.16. The summed E-state index contributed by atoms with van der Waals surface area (Å²) < 4.78 is 45.0. The molecule has 0 saturated carbocycles. The van der Waals surface area contributed by atoms with Crippen LogP contribution in [0.2, 0.25) is 0 Å². The van der Waals surface area contributed by atoms with Gasteiger partial charge in [-0.1, -0.05) is 36.4 Å². The lowest BCUT2D eigenvalue weighted by Gasteiger charge is -2.22. The highest BCUT2D eigenvalue weighted by Crippen LogP contribution is 2.40. The molecule has 0 spiro atoms. The van der Waals surface area contributed by atoms with E-state index in [-0.39, 0.29) is 23.0 Å². The average Bonchev–Trinajstić information content (AvgIpc) is 3.39. The molecule has 204 valence electrons. The van der Waals surface area contributed by atoms with Crippen LogP contribution in [0.25, 0.3) is 6.08 Å². The summed E-state index contributed by atoms with van der Waals surface area (Å²) in [4.78, 5) is 24.3. The molecule has 0 aliphatic carbocycles. The summed E-state index contributed by atoms with van der Waals surface area (Å²) in [7, 11) is -1.26. The highest BCUT2D eigenvalue weighted by Gasteiger charge is 2.34. The topological polar surface area (TPSA) is 123 Å². The van der Waals surface area contributed by atoms with Crippen molar-refractivity contribution in [3.63, 3.8) is 0 Å². The molecule has 39 heavy (non-hydrogen) atoms. The number of carbonyl (C=O) groups is 2. The van der Waals surface area contributed by atoms with Gasteiger partial charge in [-0.3, -0.25) is 24.7 Å². The van der Waals surface area contributed by atoms with Crippen molar-refractivity contribution in [2.24, 2.45) is 0 Å². The van der Waals surface area contributed by atoms with Crippen molar-refractivity contribution < 1.29 is 32.2 Å². The first-order chi connectivity index (χ1) is 18.7. The molecule has 10 nitrogen and oxygen atoms in total. The lowest BCUT2D eigenvalue weighted by Crippen LogP contribution is -2.43. The molecule has 2 amide bonds. The third-order valence-electron chi connectivity index (χ3n) is 6.08. The Balaban J connectivity index is 1.48. The third-order valence-corrected chi connectivity index (χ3v) is 7.90. The number of hydrazine groups is 1. The summed E-state index contributed by atoms with van der Waals surface area (Å²) in [6, 6.07) is 17.5. The molecule has 3 aromatic rings. The third kappa shape index (κ3) is 6.15. The van der Waals surface area contributed by atoms with E-state index < -0.39 is 21.8 Å². The Labute approximate surface area is 227 Å². The van der Waals surface area contributed by atoms with Gasteiger partial charge in [0.1, 0.15) is 10.6 Å². The van der Waals surface area contributed by atoms with E-state index in [4.69, 9.17) is 14.2 Å². The summed E-state index contributed by atoms with van der Waals surface area (Å²) >= 11 is 0. The van der Waals surface area contributed by atoms with E-state index in [2.05, 4.69) is 10.9 Å². The number of anilines is 1. The molecule has 3 aromatic carbocycles. The number of ether oxygens (including phenoxy) is 3. The van der Waals surface area contributed by atoms with E-state index in [1.54, 1.807) is 30.3 Å². The van der Waals surface area contributed by atoms with Gasteiger partial charge in [0.05, 0.1) is 19.9 Å². The minimum Gasteiger partial charge on any atom is -0.493 e. The second kappa shape index (κ2) is 11.9. The van der Waals surface area contributed by atoms with Crippen LogP contribution in [0, 0.1) is 6.92 Å². The quantitative estimate of drug-likeness (QED) is 0.310. The number of aryl methyl sites for hydroxylation is 1. The maximum Gasteiger partial charge on any atom is 0.276 e. The number of hydrogen-bond donors (Lipinski definition) is 2. The van der Waals surface area contributed by atoms with Crippen LogP contribution < -0.4 is 29.4 Å². The lowest BCUT2D eigenvalue weighted by atomic mass is 10.2. The van der Waals surface area contributed by atoms with Crippen LogP contribution in [0.15, 0.2) is 71.6 Å². The number of para-hydroxylation sites is 2. The number of carbonyl (C=O) groups excluding carboxylic acids is 2. The van der Waals surface area contributed by atoms with Crippen LogP contribution in [-0.2, 0) is 26.0 Å². The molecule has 2 N–H and O–H groups in total. The molecule has 0 radical (unpaired) electrons. The van der Waals surface area contributed by atoms with Gasteiger partial charge in [0.15, 0.2) is 18.1 Å². The average molecular weight is 552 g/mol. The highest BCUT2D eigenvalue weighted by atomic mass is 32.2. The molecular weight excluding hydrogens is 522 g/mol. The summed E-state index contributed by atoms with van der Waals surface area (Å²) in [6.45, 7) is 1.86. The molecule has 1 aliphatic heterocycles. The molecule has 4 rings (SSSR count). The molecule has 1 heterocycles. The van der Waals surface area contributed by atoms with Crippen molar-refractivity contribution in [2.75, 3.05) is 31.7 Å². The number of rotatable bonds is 9. The zero-order valence-corrected chi connectivity index (χ0v) is 22.6. The van der Waals surface area contributed by atoms with Crippen LogP contribution in [0.5, 0.6) is 17.2 Å². The molecule has 0 saturated heterocycles. The zero-order chi connectivity index (χ0) is 28.0. The summed E-state index contributed by atoms with van der Waals surface area (Å²) in [5.41, 5.74) is 7.34. The Morgan fingerprint density at radius 3 is 2.46 bits per heavy atom. The normalized spacial score (nSPS) is 12.6. The largest absolute Gasteiger partial charge is 0.493 e. The van der Waals surface area contributed by atoms with Crippen LogP contribution >= 0.6 is 0 Å². The van der Waals surface area contributed by atoms with E-state index in [9.17, 15) is 18.0 Å². The Hall–Kier alpha value is -4.51. The fourth-order valence-electron chi connectivity index (χ4n) is 4.16. The fraction of sp³-hybridized carbons (Fsp3) is 0.214. The van der Waals surface area contributed by atoms with Crippen molar-refractivity contribution in [1.29, 1.82) is 0 Å². The van der Waals surface area contributed by atoms with Crippen LogP contribution in [0.1, 0.15) is 16.7 Å². The first-order valence-electron chi connectivity index (χ1n) is 12.1. The zero-order valence-electron chi connectivity index (χ0n) is 21.8. The fourth-order valence-corrected chi connectivity index (χ4v) is 5.87. The highest BCUT2D eigenvalue weighted by molar-refractivity contribution is 7.93. The van der Waals surface area contributed by atoms with Gasteiger partial charge >= 0.3 is 0 Å². The Morgan fingerprint density at radius 2 is 1.72 bits per heavy atom. The predicted octanol–water partition coefficient (Wildman–Crippen LogP) is 3.00. The van der Waals surface area contributed by atoms with Gasteiger partial charge in [-0.2, -0.15) is 0 Å². The Kier molecular flexibility index (Phi) is 8.40. The first-order valence-corrected chi connectivity index (χ1v) is 13.5. The van der Waals surface area contributed by atoms with Gasteiger partial charge in [0.25, 0.3) is 21.8 Å². The molecule has 0 unspecified atom stereocenters. The SMILES string of the molecule is COc1cc(/C=C/C(=O)NNC(=O)COc2ccccc2C)cc(S(=O)(=O)N2CCc3ccccc32)c1OC. The Bertz CT molecular complexity index is 1520. The van der Waals surface area contributed by atoms with Crippen molar-refractivity contribution >= 4 is 33.6 Å². The van der Waals surface area contributed by atoms with E-state index >= 15 is 0 Å². The van der Waals surface area contributed by atoms with Gasteiger partial charge < -0.3 is 14.2 Å². The second-order valence-electron chi connectivity index (χ2n) is 8.64. The predicted molar refractivity (Wildman–Crippen MR) is 146 cm³/mol. The van der Waals surface area contributed by atoms with Crippen LogP contribution in [-0.4, -0.2) is 47.6 Å². The number of benzene rings is 3. The maximum absolute atomic E-state index is 13.7. The van der Waals surface area contributed by atoms with Crippen LogP contribution in [0.3, 0.4) is 0 Å². The molecular formula is C28H29N3O7S. The van der Waals surface area contributed by atoms with E-state index in [0.717, 1.165) is 17.2 Å². The number of fused-ring (bicyclic) bond motifs is 1. The first kappa shape index (κ1) is 27.5. The smallest absolute Gasteiger partial charge is 0.276 e. The standard InChI is InChI=1S/C28H29N3O7S/c1-19-8-4-7-11-23(19)38-18-27(33)30-29-26(32)13-12-20-16-24(36-2)28(37-3)25(17-20)39(34,35)31-15-14-21-9-5-6-10-22(21)31/h4-13,16-17H,14-15,18H2,1-3H3,(H,29,32)(H,30,33)/b13-12+. The molecule has 0 atom stereocenters. The minimum atomic E-state index is -4.02. The number of amides is 2. The van der Waals surface area contributed by atoms with Crippen LogP contribution in [0.4, 0.5) is 5.69 Å².